The lowest BCUT2D eigenvalue weighted by molar-refractivity contribution is 0.475. The lowest BCUT2D eigenvalue weighted by Gasteiger charge is -2.25. The lowest BCUT2D eigenvalue weighted by Crippen LogP contribution is -2.35. The van der Waals surface area contributed by atoms with Crippen molar-refractivity contribution < 1.29 is 15.3 Å². The van der Waals surface area contributed by atoms with E-state index in [1.54, 1.807) is 36.4 Å². The van der Waals surface area contributed by atoms with E-state index in [2.05, 4.69) is 37.7 Å². The summed E-state index contributed by atoms with van der Waals surface area (Å²) in [5.41, 5.74) is 4.09. The number of aromatic hydroxyl groups is 3. The number of phenols is 3. The molecular formula is C35H27N5O3. The number of hydrogen-bond donors (Lipinski definition) is 3. The molecule has 7 rings (SSSR count). The van der Waals surface area contributed by atoms with Crippen LogP contribution in [0.2, 0.25) is 0 Å². The third kappa shape index (κ3) is 4.46. The van der Waals surface area contributed by atoms with E-state index in [4.69, 9.17) is 0 Å². The summed E-state index contributed by atoms with van der Waals surface area (Å²) in [6.07, 6.45) is 4.10. The van der Waals surface area contributed by atoms with E-state index in [0.717, 1.165) is 49.1 Å². The van der Waals surface area contributed by atoms with Gasteiger partial charge in [-0.15, -0.1) is 10.2 Å². The zero-order valence-electron chi connectivity index (χ0n) is 23.3. The van der Waals surface area contributed by atoms with Crippen LogP contribution < -0.4 is 15.6 Å². The van der Waals surface area contributed by atoms with Crippen molar-refractivity contribution in [2.75, 3.05) is 12.1 Å². The van der Waals surface area contributed by atoms with Crippen molar-refractivity contribution >= 4 is 57.6 Å². The minimum Gasteiger partial charge on any atom is -0.508 e. The van der Waals surface area contributed by atoms with E-state index < -0.39 is 0 Å². The Hall–Kier alpha value is -5.89. The molecule has 1 atom stereocenters. The van der Waals surface area contributed by atoms with Gasteiger partial charge >= 0.3 is 0 Å². The number of hydrogen-bond acceptors (Lipinski definition) is 7. The second-order valence-electron chi connectivity index (χ2n) is 10.5. The summed E-state index contributed by atoms with van der Waals surface area (Å²) in [4.78, 5) is 3.86. The Morgan fingerprint density at radius 3 is 2.33 bits per heavy atom. The molecule has 8 heteroatoms. The van der Waals surface area contributed by atoms with E-state index in [1.165, 1.54) is 0 Å². The SMILES string of the molecule is C=Nc1ccc(C2C=c3/c(=C\c4ccc(N=Nc5cccc6ccccc56)c(O)c4)c4cc(O)ccc4n3N2C)cc1O. The third-order valence-electron chi connectivity index (χ3n) is 7.89. The van der Waals surface area contributed by atoms with Gasteiger partial charge in [-0.2, -0.15) is 0 Å². The second kappa shape index (κ2) is 10.2. The summed E-state index contributed by atoms with van der Waals surface area (Å²) in [6, 6.07) is 29.6. The Labute approximate surface area is 246 Å². The fraction of sp³-hybridized carbons (Fsp3) is 0.0571. The monoisotopic (exact) mass is 565 g/mol. The topological polar surface area (TPSA) is 106 Å². The molecule has 1 aliphatic rings. The number of aromatic nitrogens is 1. The zero-order valence-corrected chi connectivity index (χ0v) is 23.3. The summed E-state index contributed by atoms with van der Waals surface area (Å²) >= 11 is 0. The highest BCUT2D eigenvalue weighted by Crippen LogP contribution is 2.34. The Bertz CT molecular complexity index is 2230. The first-order valence-electron chi connectivity index (χ1n) is 13.7. The molecule has 1 aromatic heterocycles. The maximum Gasteiger partial charge on any atom is 0.143 e. The summed E-state index contributed by atoms with van der Waals surface area (Å²) < 4.78 is 2.09. The van der Waals surface area contributed by atoms with Crippen molar-refractivity contribution in [2.45, 2.75) is 6.04 Å². The largest absolute Gasteiger partial charge is 0.508 e. The number of nitrogens with zero attached hydrogens (tertiary/aromatic N) is 5. The van der Waals surface area contributed by atoms with Gasteiger partial charge in [0.15, 0.2) is 0 Å². The molecule has 210 valence electrons. The zero-order chi connectivity index (χ0) is 29.7. The molecule has 0 fully saturated rings. The second-order valence-corrected chi connectivity index (χ2v) is 10.5. The van der Waals surface area contributed by atoms with Crippen molar-refractivity contribution in [3.63, 3.8) is 0 Å². The summed E-state index contributed by atoms with van der Waals surface area (Å²) in [5.74, 6) is 0.238. The number of azo groups is 1. The average molecular weight is 566 g/mol. The van der Waals surface area contributed by atoms with Gasteiger partial charge in [-0.3, -0.25) is 9.67 Å². The molecule has 0 saturated carbocycles. The fourth-order valence-corrected chi connectivity index (χ4v) is 5.79. The number of fused-ring (bicyclic) bond motifs is 4. The highest BCUT2D eigenvalue weighted by molar-refractivity contribution is 5.92. The maximum absolute atomic E-state index is 10.9. The predicted octanol–water partition coefficient (Wildman–Crippen LogP) is 6.59. The van der Waals surface area contributed by atoms with Crippen LogP contribution in [0.3, 0.4) is 0 Å². The van der Waals surface area contributed by atoms with Crippen LogP contribution in [0.25, 0.3) is 33.8 Å². The fourth-order valence-electron chi connectivity index (χ4n) is 5.79. The van der Waals surface area contributed by atoms with Crippen LogP contribution in [-0.2, 0) is 0 Å². The summed E-state index contributed by atoms with van der Waals surface area (Å²) in [5, 5.41) is 47.2. The maximum atomic E-state index is 10.9. The van der Waals surface area contributed by atoms with Gasteiger partial charge in [-0.05, 0) is 83.9 Å². The number of aliphatic imine (C=N–C) groups is 1. The molecule has 43 heavy (non-hydrogen) atoms. The molecule has 0 aliphatic carbocycles. The van der Waals surface area contributed by atoms with Gasteiger partial charge in [0.25, 0.3) is 0 Å². The Balaban J connectivity index is 1.31. The van der Waals surface area contributed by atoms with E-state index in [-0.39, 0.29) is 23.3 Å². The molecule has 0 radical (unpaired) electrons. The molecule has 5 aromatic carbocycles. The van der Waals surface area contributed by atoms with Crippen LogP contribution in [0.1, 0.15) is 17.2 Å². The number of benzene rings is 5. The van der Waals surface area contributed by atoms with Crippen molar-refractivity contribution in [1.29, 1.82) is 0 Å². The van der Waals surface area contributed by atoms with Crippen molar-refractivity contribution in [2.24, 2.45) is 15.2 Å². The van der Waals surface area contributed by atoms with Crippen LogP contribution in [0.4, 0.5) is 17.1 Å². The smallest absolute Gasteiger partial charge is 0.143 e. The van der Waals surface area contributed by atoms with Gasteiger partial charge in [0.2, 0.25) is 0 Å². The molecule has 0 spiro atoms. The molecule has 8 nitrogen and oxygen atoms in total. The average Bonchev–Trinajstić information content (AvgIpc) is 3.50. The Kier molecular flexibility index (Phi) is 6.17. The predicted molar refractivity (Wildman–Crippen MR) is 171 cm³/mol. The molecule has 6 aromatic rings. The standard InChI is InChI=1S/C35H27N5O3/c1-36-29-14-11-23(18-35(29)43)32-20-33-26(27-19-24(41)12-15-31(27)40(33)39(32)2)16-21-10-13-30(34(42)17-21)38-37-28-9-5-7-22-6-3-4-8-25(22)28/h3-20,32,41-43H,1H2,2H3/b26-16-,38-37?. The van der Waals surface area contributed by atoms with Crippen molar-refractivity contribution in [1.82, 2.24) is 4.68 Å². The highest BCUT2D eigenvalue weighted by atomic mass is 16.3. The van der Waals surface area contributed by atoms with Crippen molar-refractivity contribution in [3.05, 3.63) is 119 Å². The Morgan fingerprint density at radius 2 is 1.51 bits per heavy atom. The Morgan fingerprint density at radius 1 is 0.744 bits per heavy atom. The lowest BCUT2D eigenvalue weighted by atomic mass is 10.0. The van der Waals surface area contributed by atoms with E-state index in [1.807, 2.05) is 73.8 Å². The highest BCUT2D eigenvalue weighted by Gasteiger charge is 2.26. The van der Waals surface area contributed by atoms with Gasteiger partial charge in [-0.1, -0.05) is 48.5 Å². The molecule has 1 unspecified atom stereocenters. The van der Waals surface area contributed by atoms with Crippen LogP contribution in [0.5, 0.6) is 17.2 Å². The van der Waals surface area contributed by atoms with E-state index in [9.17, 15) is 15.3 Å². The molecule has 0 amide bonds. The molecule has 0 saturated heterocycles. The summed E-state index contributed by atoms with van der Waals surface area (Å²) in [7, 11) is 1.98. The quantitative estimate of drug-likeness (QED) is 0.162. The van der Waals surface area contributed by atoms with E-state index >= 15 is 0 Å². The summed E-state index contributed by atoms with van der Waals surface area (Å²) in [6.45, 7) is 3.51. The molecule has 0 bridgehead atoms. The minimum atomic E-state index is -0.157. The van der Waals surface area contributed by atoms with Gasteiger partial charge in [0.05, 0.1) is 22.6 Å². The van der Waals surface area contributed by atoms with Crippen molar-refractivity contribution in [3.8, 4) is 17.2 Å². The number of rotatable bonds is 5. The van der Waals surface area contributed by atoms with Gasteiger partial charge in [-0.25, -0.2) is 0 Å². The normalized spacial score (nSPS) is 15.0. The third-order valence-corrected chi connectivity index (χ3v) is 7.89. The first kappa shape index (κ1) is 26.0. The van der Waals surface area contributed by atoms with Crippen LogP contribution in [0, 0.1) is 0 Å². The molecular weight excluding hydrogens is 538 g/mol. The molecule has 3 N–H and O–H groups in total. The first-order chi connectivity index (χ1) is 20.9. The van der Waals surface area contributed by atoms with Crippen LogP contribution in [-0.4, -0.2) is 33.8 Å². The number of phenolic OH excluding ortho intramolecular Hbond substituents is 3. The first-order valence-corrected chi connectivity index (χ1v) is 13.7. The molecule has 1 aliphatic heterocycles. The van der Waals surface area contributed by atoms with Gasteiger partial charge in [0, 0.05) is 23.0 Å². The van der Waals surface area contributed by atoms with Crippen LogP contribution >= 0.6 is 0 Å². The van der Waals surface area contributed by atoms with E-state index in [0.29, 0.717) is 11.4 Å². The molecule has 2 heterocycles. The van der Waals surface area contributed by atoms with Gasteiger partial charge in [0.1, 0.15) is 28.6 Å². The van der Waals surface area contributed by atoms with Gasteiger partial charge < -0.3 is 20.3 Å². The minimum absolute atomic E-state index is 0.00566. The van der Waals surface area contributed by atoms with Crippen LogP contribution in [0.15, 0.2) is 112 Å².